The summed E-state index contributed by atoms with van der Waals surface area (Å²) in [6.07, 6.45) is 2.00. The number of sulfone groups is 1. The quantitative estimate of drug-likeness (QED) is 0.924. The highest BCUT2D eigenvalue weighted by Gasteiger charge is 2.23. The average Bonchev–Trinajstić information content (AvgIpc) is 2.54. The maximum atomic E-state index is 13.1. The summed E-state index contributed by atoms with van der Waals surface area (Å²) in [5, 5.41) is 2.75. The maximum Gasteiger partial charge on any atom is 0.251 e. The molecule has 2 aromatic rings. The molecule has 126 valence electrons. The molecular formula is C18H18FNO3S. The van der Waals surface area contributed by atoms with Crippen molar-refractivity contribution >= 4 is 15.7 Å². The Hall–Kier alpha value is -2.21. The van der Waals surface area contributed by atoms with E-state index in [4.69, 9.17) is 0 Å². The second-order valence-electron chi connectivity index (χ2n) is 5.88. The highest BCUT2D eigenvalue weighted by molar-refractivity contribution is 7.91. The van der Waals surface area contributed by atoms with E-state index < -0.39 is 15.7 Å². The van der Waals surface area contributed by atoms with Gasteiger partial charge in [-0.25, -0.2) is 12.8 Å². The molecule has 0 saturated carbocycles. The summed E-state index contributed by atoms with van der Waals surface area (Å²) in [5.41, 5.74) is 2.12. The molecule has 24 heavy (non-hydrogen) atoms. The van der Waals surface area contributed by atoms with Gasteiger partial charge in [0.15, 0.2) is 9.84 Å². The van der Waals surface area contributed by atoms with Gasteiger partial charge in [-0.1, -0.05) is 18.2 Å². The monoisotopic (exact) mass is 347 g/mol. The van der Waals surface area contributed by atoms with Crippen molar-refractivity contribution in [3.05, 3.63) is 65.0 Å². The van der Waals surface area contributed by atoms with Gasteiger partial charge in [-0.3, -0.25) is 4.79 Å². The normalized spacial score (nSPS) is 15.5. The molecule has 0 saturated heterocycles. The van der Waals surface area contributed by atoms with E-state index in [-0.39, 0.29) is 17.2 Å². The van der Waals surface area contributed by atoms with Crippen LogP contribution in [-0.2, 0) is 22.7 Å². The average molecular weight is 347 g/mol. The van der Waals surface area contributed by atoms with E-state index in [2.05, 4.69) is 5.32 Å². The predicted molar refractivity (Wildman–Crippen MR) is 89.3 cm³/mol. The Morgan fingerprint density at radius 2 is 2.00 bits per heavy atom. The maximum absolute atomic E-state index is 13.1. The molecule has 0 fully saturated rings. The van der Waals surface area contributed by atoms with E-state index in [9.17, 15) is 17.6 Å². The Balaban J connectivity index is 1.62. The molecule has 4 nitrogen and oxygen atoms in total. The molecule has 1 heterocycles. The lowest BCUT2D eigenvalue weighted by Gasteiger charge is -2.17. The summed E-state index contributed by atoms with van der Waals surface area (Å²) in [6, 6.07) is 10.9. The lowest BCUT2D eigenvalue weighted by molar-refractivity contribution is 0.0953. The Kier molecular flexibility index (Phi) is 4.66. The fourth-order valence-electron chi connectivity index (χ4n) is 2.90. The second-order valence-corrected chi connectivity index (χ2v) is 7.96. The molecule has 0 bridgehead atoms. The zero-order valence-electron chi connectivity index (χ0n) is 13.1. The topological polar surface area (TPSA) is 63.2 Å². The number of hydrogen-bond donors (Lipinski definition) is 1. The molecule has 6 heteroatoms. The van der Waals surface area contributed by atoms with Crippen molar-refractivity contribution < 1.29 is 17.6 Å². The number of carbonyl (C=O) groups is 1. The van der Waals surface area contributed by atoms with Crippen molar-refractivity contribution in [2.45, 2.75) is 24.2 Å². The molecule has 1 aliphatic rings. The van der Waals surface area contributed by atoms with Crippen LogP contribution in [0.4, 0.5) is 4.39 Å². The fourth-order valence-corrected chi connectivity index (χ4v) is 4.48. The van der Waals surface area contributed by atoms with Crippen LogP contribution in [0.1, 0.15) is 27.9 Å². The zero-order chi connectivity index (χ0) is 17.2. The third-order valence-electron chi connectivity index (χ3n) is 4.11. The first-order valence-corrected chi connectivity index (χ1v) is 9.49. The molecule has 1 aliphatic heterocycles. The number of nitrogens with one attached hydrogen (secondary N) is 1. The van der Waals surface area contributed by atoms with Crippen LogP contribution in [-0.4, -0.2) is 26.6 Å². The van der Waals surface area contributed by atoms with Gasteiger partial charge in [-0.05, 0) is 54.7 Å². The third kappa shape index (κ3) is 3.64. The molecule has 0 spiro atoms. The first-order chi connectivity index (χ1) is 11.5. The van der Waals surface area contributed by atoms with Gasteiger partial charge in [0.2, 0.25) is 0 Å². The Labute approximate surface area is 140 Å². The number of benzene rings is 2. The number of fused-ring (bicyclic) bond motifs is 1. The number of hydrogen-bond acceptors (Lipinski definition) is 3. The Bertz CT molecular complexity index is 878. The summed E-state index contributed by atoms with van der Waals surface area (Å²) in [7, 11) is -3.14. The van der Waals surface area contributed by atoms with Gasteiger partial charge in [-0.2, -0.15) is 0 Å². The van der Waals surface area contributed by atoms with Gasteiger partial charge in [0, 0.05) is 12.1 Å². The highest BCUT2D eigenvalue weighted by atomic mass is 32.2. The number of rotatable bonds is 4. The van der Waals surface area contributed by atoms with Crippen molar-refractivity contribution in [2.75, 3.05) is 12.3 Å². The molecule has 2 aromatic carbocycles. The zero-order valence-corrected chi connectivity index (χ0v) is 13.9. The van der Waals surface area contributed by atoms with Crippen molar-refractivity contribution in [3.63, 3.8) is 0 Å². The second kappa shape index (κ2) is 6.73. The summed E-state index contributed by atoms with van der Waals surface area (Å²) >= 11 is 0. The standard InChI is InChI=1S/C18H18FNO3S/c19-16-5-1-3-15(12-16)18(21)20-9-8-13-6-7-17-14(11-13)4-2-10-24(17,22)23/h1,3,5-7,11-12H,2,4,8-10H2,(H,20,21). The Morgan fingerprint density at radius 3 is 2.79 bits per heavy atom. The third-order valence-corrected chi connectivity index (χ3v) is 6.00. The first-order valence-electron chi connectivity index (χ1n) is 7.84. The molecule has 0 aromatic heterocycles. The van der Waals surface area contributed by atoms with Crippen LogP contribution in [0.3, 0.4) is 0 Å². The first kappa shape index (κ1) is 16.6. The number of aryl methyl sites for hydroxylation is 1. The molecule has 1 N–H and O–H groups in total. The Morgan fingerprint density at radius 1 is 1.17 bits per heavy atom. The van der Waals surface area contributed by atoms with Crippen molar-refractivity contribution in [2.24, 2.45) is 0 Å². The van der Waals surface area contributed by atoms with Crippen LogP contribution >= 0.6 is 0 Å². The van der Waals surface area contributed by atoms with E-state index in [0.29, 0.717) is 24.3 Å². The lowest BCUT2D eigenvalue weighted by atomic mass is 10.0. The van der Waals surface area contributed by atoms with Crippen molar-refractivity contribution in [1.82, 2.24) is 5.32 Å². The minimum Gasteiger partial charge on any atom is -0.352 e. The molecule has 3 rings (SSSR count). The molecule has 0 atom stereocenters. The van der Waals surface area contributed by atoms with Crippen LogP contribution in [0.25, 0.3) is 0 Å². The van der Waals surface area contributed by atoms with Crippen LogP contribution in [0.2, 0.25) is 0 Å². The van der Waals surface area contributed by atoms with E-state index in [1.54, 1.807) is 18.2 Å². The predicted octanol–water partition coefficient (Wildman–Crippen LogP) is 2.52. The van der Waals surface area contributed by atoms with Gasteiger partial charge >= 0.3 is 0 Å². The number of halogens is 1. The van der Waals surface area contributed by atoms with Crippen LogP contribution in [0.5, 0.6) is 0 Å². The summed E-state index contributed by atoms with van der Waals surface area (Å²) < 4.78 is 37.1. The lowest BCUT2D eigenvalue weighted by Crippen LogP contribution is -2.25. The van der Waals surface area contributed by atoms with E-state index in [0.717, 1.165) is 17.5 Å². The van der Waals surface area contributed by atoms with Crippen LogP contribution < -0.4 is 5.32 Å². The molecule has 0 radical (unpaired) electrons. The van der Waals surface area contributed by atoms with Gasteiger partial charge in [0.05, 0.1) is 10.6 Å². The molecule has 1 amide bonds. The molecule has 0 unspecified atom stereocenters. The van der Waals surface area contributed by atoms with Gasteiger partial charge in [-0.15, -0.1) is 0 Å². The number of carbonyl (C=O) groups excluding carboxylic acids is 1. The fraction of sp³-hybridized carbons (Fsp3) is 0.278. The minimum atomic E-state index is -3.14. The van der Waals surface area contributed by atoms with Gasteiger partial charge in [0.25, 0.3) is 5.91 Å². The minimum absolute atomic E-state index is 0.211. The smallest absolute Gasteiger partial charge is 0.251 e. The largest absolute Gasteiger partial charge is 0.352 e. The van der Waals surface area contributed by atoms with Crippen molar-refractivity contribution in [1.29, 1.82) is 0 Å². The van der Waals surface area contributed by atoms with Gasteiger partial charge in [0.1, 0.15) is 5.82 Å². The van der Waals surface area contributed by atoms with Gasteiger partial charge < -0.3 is 5.32 Å². The summed E-state index contributed by atoms with van der Waals surface area (Å²) in [6.45, 7) is 0.404. The van der Waals surface area contributed by atoms with E-state index in [1.165, 1.54) is 18.2 Å². The van der Waals surface area contributed by atoms with E-state index >= 15 is 0 Å². The number of amides is 1. The van der Waals surface area contributed by atoms with E-state index in [1.807, 2.05) is 6.07 Å². The summed E-state index contributed by atoms with van der Waals surface area (Å²) in [4.78, 5) is 12.4. The highest BCUT2D eigenvalue weighted by Crippen LogP contribution is 2.25. The molecular weight excluding hydrogens is 329 g/mol. The summed E-state index contributed by atoms with van der Waals surface area (Å²) in [5.74, 6) is -0.558. The van der Waals surface area contributed by atoms with Crippen LogP contribution in [0, 0.1) is 5.82 Å². The SMILES string of the molecule is O=C(NCCc1ccc2c(c1)CCCS2(=O)=O)c1cccc(F)c1. The molecule has 0 aliphatic carbocycles. The van der Waals surface area contributed by atoms with Crippen molar-refractivity contribution in [3.8, 4) is 0 Å². The van der Waals surface area contributed by atoms with Crippen LogP contribution in [0.15, 0.2) is 47.4 Å².